The highest BCUT2D eigenvalue weighted by Crippen LogP contribution is 2.30. The van der Waals surface area contributed by atoms with Crippen LogP contribution < -0.4 is 0 Å². The van der Waals surface area contributed by atoms with Crippen molar-refractivity contribution >= 4 is 17.0 Å². The summed E-state index contributed by atoms with van der Waals surface area (Å²) in [5.74, 6) is 0. The van der Waals surface area contributed by atoms with Gasteiger partial charge in [-0.15, -0.1) is 0 Å². The molecule has 0 bridgehead atoms. The topological polar surface area (TPSA) is 94.1 Å². The van der Waals surface area contributed by atoms with Crippen LogP contribution in [0.15, 0.2) is 29.4 Å². The predicted octanol–water partition coefficient (Wildman–Crippen LogP) is 4.71. The molecule has 1 aromatic heterocycles. The largest absolute Gasteiger partial charge is 0.444 e. The fourth-order valence-corrected chi connectivity index (χ4v) is 3.62. The average Bonchev–Trinajstić information content (AvgIpc) is 3.08. The van der Waals surface area contributed by atoms with Crippen molar-refractivity contribution in [1.29, 1.82) is 0 Å². The number of carbonyl (C=O) groups is 1. The van der Waals surface area contributed by atoms with Crippen molar-refractivity contribution in [3.05, 3.63) is 46.0 Å². The summed E-state index contributed by atoms with van der Waals surface area (Å²) in [4.78, 5) is 20.7. The zero-order valence-corrected chi connectivity index (χ0v) is 15.7. The Balaban J connectivity index is 1.88. The predicted molar refractivity (Wildman–Crippen MR) is 101 cm³/mol. The monoisotopic (exact) mass is 355 g/mol. The van der Waals surface area contributed by atoms with Gasteiger partial charge in [-0.25, -0.2) is 4.79 Å². The standard InChI is InChI=1S/C19H25N5O2/c1-12-16(15-7-5-6-8-17(15)21-12)10-14-9-13(22-23-20)11-24(14)18(25)26-19(2,3)4/h5-8,13-14,21H,9-11H2,1-4H3/t13-,14+/m0/s1. The van der Waals surface area contributed by atoms with E-state index in [1.165, 1.54) is 10.9 Å². The summed E-state index contributed by atoms with van der Waals surface area (Å²) >= 11 is 0. The maximum absolute atomic E-state index is 12.7. The van der Waals surface area contributed by atoms with E-state index in [0.717, 1.165) is 11.2 Å². The number of hydrogen-bond donors (Lipinski definition) is 1. The molecular weight excluding hydrogens is 330 g/mol. The van der Waals surface area contributed by atoms with Gasteiger partial charge >= 0.3 is 6.09 Å². The third-order valence-electron chi connectivity index (χ3n) is 4.70. The third-order valence-corrected chi connectivity index (χ3v) is 4.70. The number of amides is 1. The number of ether oxygens (including phenoxy) is 1. The van der Waals surface area contributed by atoms with Gasteiger partial charge in [0, 0.05) is 34.1 Å². The van der Waals surface area contributed by atoms with Gasteiger partial charge in [0.05, 0.1) is 6.04 Å². The van der Waals surface area contributed by atoms with E-state index in [1.54, 1.807) is 4.90 Å². The second-order valence-electron chi connectivity index (χ2n) is 7.86. The quantitative estimate of drug-likeness (QED) is 0.490. The Morgan fingerprint density at radius 2 is 2.15 bits per heavy atom. The molecule has 0 aliphatic carbocycles. The van der Waals surface area contributed by atoms with Crippen LogP contribution in [-0.2, 0) is 11.2 Å². The number of nitrogens with one attached hydrogen (secondary N) is 1. The van der Waals surface area contributed by atoms with E-state index in [-0.39, 0.29) is 18.2 Å². The number of likely N-dealkylation sites (tertiary alicyclic amines) is 1. The Morgan fingerprint density at radius 3 is 2.85 bits per heavy atom. The van der Waals surface area contributed by atoms with Crippen LogP contribution in [0.2, 0.25) is 0 Å². The van der Waals surface area contributed by atoms with E-state index >= 15 is 0 Å². The van der Waals surface area contributed by atoms with Gasteiger partial charge in [-0.2, -0.15) is 0 Å². The van der Waals surface area contributed by atoms with Crippen LogP contribution in [0.3, 0.4) is 0 Å². The molecule has 0 radical (unpaired) electrons. The van der Waals surface area contributed by atoms with Gasteiger partial charge in [0.1, 0.15) is 5.60 Å². The lowest BCUT2D eigenvalue weighted by Gasteiger charge is -2.28. The molecule has 138 valence electrons. The number of aromatic nitrogens is 1. The van der Waals surface area contributed by atoms with Crippen molar-refractivity contribution in [2.24, 2.45) is 5.11 Å². The Bertz CT molecular complexity index is 860. The van der Waals surface area contributed by atoms with Gasteiger partial charge in [-0.05, 0) is 57.7 Å². The molecule has 7 nitrogen and oxygen atoms in total. The molecule has 0 unspecified atom stereocenters. The zero-order chi connectivity index (χ0) is 18.9. The molecule has 26 heavy (non-hydrogen) atoms. The van der Waals surface area contributed by atoms with Crippen LogP contribution in [0.4, 0.5) is 4.79 Å². The van der Waals surface area contributed by atoms with Gasteiger partial charge in [-0.1, -0.05) is 23.3 Å². The summed E-state index contributed by atoms with van der Waals surface area (Å²) in [6.07, 6.45) is 0.991. The molecule has 1 fully saturated rings. The molecule has 2 aromatic rings. The summed E-state index contributed by atoms with van der Waals surface area (Å²) in [6.45, 7) is 8.00. The van der Waals surface area contributed by atoms with E-state index in [1.807, 2.05) is 39.8 Å². The molecule has 2 atom stereocenters. The van der Waals surface area contributed by atoms with Crippen molar-refractivity contribution in [3.63, 3.8) is 0 Å². The summed E-state index contributed by atoms with van der Waals surface area (Å²) in [6, 6.07) is 7.88. The molecule has 1 aliphatic heterocycles. The number of hydrogen-bond acceptors (Lipinski definition) is 3. The second-order valence-corrected chi connectivity index (χ2v) is 7.86. The van der Waals surface area contributed by atoms with Crippen LogP contribution in [0.5, 0.6) is 0 Å². The molecular formula is C19H25N5O2. The first-order valence-electron chi connectivity index (χ1n) is 8.88. The van der Waals surface area contributed by atoms with E-state index in [4.69, 9.17) is 10.3 Å². The number of carbonyl (C=O) groups excluding carboxylic acids is 1. The lowest BCUT2D eigenvalue weighted by atomic mass is 10.0. The van der Waals surface area contributed by atoms with Gasteiger partial charge in [-0.3, -0.25) is 0 Å². The number of aromatic amines is 1. The minimum Gasteiger partial charge on any atom is -0.444 e. The molecule has 1 amide bonds. The number of H-pyrrole nitrogens is 1. The number of benzene rings is 1. The lowest BCUT2D eigenvalue weighted by Crippen LogP contribution is -2.41. The average molecular weight is 355 g/mol. The first-order valence-corrected chi connectivity index (χ1v) is 8.88. The normalized spacial score (nSPS) is 20.2. The van der Waals surface area contributed by atoms with Crippen molar-refractivity contribution in [2.75, 3.05) is 6.54 Å². The number of para-hydroxylation sites is 1. The van der Waals surface area contributed by atoms with E-state index in [9.17, 15) is 4.79 Å². The van der Waals surface area contributed by atoms with Crippen molar-refractivity contribution in [2.45, 2.75) is 58.2 Å². The Labute approximate surface area is 152 Å². The molecule has 0 saturated carbocycles. The molecule has 1 aromatic carbocycles. The molecule has 1 aliphatic rings. The van der Waals surface area contributed by atoms with Crippen molar-refractivity contribution < 1.29 is 9.53 Å². The molecule has 0 spiro atoms. The Hall–Kier alpha value is -2.66. The van der Waals surface area contributed by atoms with Crippen LogP contribution in [0.25, 0.3) is 21.3 Å². The van der Waals surface area contributed by atoms with E-state index in [0.29, 0.717) is 19.4 Å². The van der Waals surface area contributed by atoms with E-state index < -0.39 is 5.60 Å². The Morgan fingerprint density at radius 1 is 1.42 bits per heavy atom. The number of fused-ring (bicyclic) bond motifs is 1. The van der Waals surface area contributed by atoms with Crippen LogP contribution >= 0.6 is 0 Å². The van der Waals surface area contributed by atoms with Gasteiger partial charge in [0.25, 0.3) is 0 Å². The minimum absolute atomic E-state index is 0.0572. The maximum Gasteiger partial charge on any atom is 0.410 e. The number of aryl methyl sites for hydroxylation is 1. The van der Waals surface area contributed by atoms with Crippen LogP contribution in [0, 0.1) is 6.92 Å². The fraction of sp³-hybridized carbons (Fsp3) is 0.526. The fourth-order valence-electron chi connectivity index (χ4n) is 3.62. The summed E-state index contributed by atoms with van der Waals surface area (Å²) in [5.41, 5.74) is 11.6. The van der Waals surface area contributed by atoms with Gasteiger partial charge < -0.3 is 14.6 Å². The van der Waals surface area contributed by atoms with Crippen LogP contribution in [-0.4, -0.2) is 40.2 Å². The third kappa shape index (κ3) is 3.78. The summed E-state index contributed by atoms with van der Waals surface area (Å²) in [5, 5.41) is 5.01. The molecule has 1 saturated heterocycles. The highest BCUT2D eigenvalue weighted by atomic mass is 16.6. The SMILES string of the molecule is Cc1[nH]c2ccccc2c1C[C@H]1C[C@H](N=[N+]=[N-])CN1C(=O)OC(C)(C)C. The smallest absolute Gasteiger partial charge is 0.410 e. The maximum atomic E-state index is 12.7. The van der Waals surface area contributed by atoms with Crippen molar-refractivity contribution in [1.82, 2.24) is 9.88 Å². The van der Waals surface area contributed by atoms with Gasteiger partial charge in [0.2, 0.25) is 0 Å². The minimum atomic E-state index is -0.561. The lowest BCUT2D eigenvalue weighted by molar-refractivity contribution is 0.0225. The summed E-state index contributed by atoms with van der Waals surface area (Å²) in [7, 11) is 0. The number of rotatable bonds is 3. The molecule has 2 heterocycles. The number of azide groups is 1. The van der Waals surface area contributed by atoms with Gasteiger partial charge in [0.15, 0.2) is 0 Å². The second kappa shape index (κ2) is 6.92. The Kier molecular flexibility index (Phi) is 4.83. The summed E-state index contributed by atoms with van der Waals surface area (Å²) < 4.78 is 5.56. The molecule has 1 N–H and O–H groups in total. The first-order chi connectivity index (χ1) is 12.3. The molecule has 7 heteroatoms. The molecule has 3 rings (SSSR count). The first kappa shape index (κ1) is 18.1. The highest BCUT2D eigenvalue weighted by molar-refractivity contribution is 5.84. The van der Waals surface area contributed by atoms with Crippen LogP contribution in [0.1, 0.15) is 38.4 Å². The highest BCUT2D eigenvalue weighted by Gasteiger charge is 2.37. The number of nitrogens with zero attached hydrogens (tertiary/aromatic N) is 4. The van der Waals surface area contributed by atoms with Crippen molar-refractivity contribution in [3.8, 4) is 0 Å². The van der Waals surface area contributed by atoms with E-state index in [2.05, 4.69) is 27.1 Å². The zero-order valence-electron chi connectivity index (χ0n) is 15.7.